The molecular weight excluding hydrogens is 142 g/mol. The van der Waals surface area contributed by atoms with E-state index in [2.05, 4.69) is 4.90 Å². The van der Waals surface area contributed by atoms with Gasteiger partial charge >= 0.3 is 0 Å². The van der Waals surface area contributed by atoms with Crippen LogP contribution in [-0.2, 0) is 9.53 Å². The number of carbonyl (C=O) groups is 1. The SMILES string of the molecule is COC1CN(C(C)(C)C=O)C1. The van der Waals surface area contributed by atoms with Gasteiger partial charge in [0, 0.05) is 20.2 Å². The number of hydrogen-bond acceptors (Lipinski definition) is 3. The van der Waals surface area contributed by atoms with E-state index in [9.17, 15) is 4.79 Å². The van der Waals surface area contributed by atoms with Crippen LogP contribution in [0.15, 0.2) is 0 Å². The van der Waals surface area contributed by atoms with Gasteiger partial charge in [-0.15, -0.1) is 0 Å². The second-order valence-corrected chi connectivity index (χ2v) is 3.53. The fraction of sp³-hybridized carbons (Fsp3) is 0.875. The van der Waals surface area contributed by atoms with E-state index in [0.717, 1.165) is 19.4 Å². The van der Waals surface area contributed by atoms with Gasteiger partial charge in [0.05, 0.1) is 11.6 Å². The third kappa shape index (κ3) is 1.60. The molecule has 0 unspecified atom stereocenters. The maximum absolute atomic E-state index is 10.6. The number of carbonyl (C=O) groups excluding carboxylic acids is 1. The molecule has 3 nitrogen and oxygen atoms in total. The van der Waals surface area contributed by atoms with Crippen molar-refractivity contribution >= 4 is 6.29 Å². The summed E-state index contributed by atoms with van der Waals surface area (Å²) in [6.45, 7) is 5.60. The van der Waals surface area contributed by atoms with Gasteiger partial charge in [-0.2, -0.15) is 0 Å². The highest BCUT2D eigenvalue weighted by atomic mass is 16.5. The third-order valence-electron chi connectivity index (χ3n) is 2.28. The largest absolute Gasteiger partial charge is 0.379 e. The maximum Gasteiger partial charge on any atom is 0.139 e. The molecule has 1 aliphatic rings. The summed E-state index contributed by atoms with van der Waals surface area (Å²) in [6, 6.07) is 0. The standard InChI is InChI=1S/C8H15NO2/c1-8(2,6-10)9-4-7(5-9)11-3/h6-7H,4-5H2,1-3H3. The molecule has 64 valence electrons. The Morgan fingerprint density at radius 1 is 1.55 bits per heavy atom. The Labute approximate surface area is 67.3 Å². The molecule has 1 heterocycles. The van der Waals surface area contributed by atoms with Crippen LogP contribution in [0.2, 0.25) is 0 Å². The van der Waals surface area contributed by atoms with E-state index in [1.165, 1.54) is 0 Å². The Balaban J connectivity index is 2.37. The average Bonchev–Trinajstić information content (AvgIpc) is 1.85. The molecule has 11 heavy (non-hydrogen) atoms. The van der Waals surface area contributed by atoms with Crippen molar-refractivity contribution in [2.24, 2.45) is 0 Å². The Bertz CT molecular complexity index is 150. The summed E-state index contributed by atoms with van der Waals surface area (Å²) in [7, 11) is 1.70. The molecule has 1 rings (SSSR count). The smallest absolute Gasteiger partial charge is 0.139 e. The quantitative estimate of drug-likeness (QED) is 0.552. The van der Waals surface area contributed by atoms with Crippen LogP contribution >= 0.6 is 0 Å². The van der Waals surface area contributed by atoms with Crippen LogP contribution in [0.1, 0.15) is 13.8 Å². The van der Waals surface area contributed by atoms with Crippen molar-refractivity contribution in [2.45, 2.75) is 25.5 Å². The second-order valence-electron chi connectivity index (χ2n) is 3.53. The topological polar surface area (TPSA) is 29.5 Å². The van der Waals surface area contributed by atoms with E-state index < -0.39 is 0 Å². The van der Waals surface area contributed by atoms with Crippen molar-refractivity contribution in [3.63, 3.8) is 0 Å². The molecule has 3 heteroatoms. The van der Waals surface area contributed by atoms with Gasteiger partial charge in [-0.05, 0) is 13.8 Å². The molecule has 0 saturated carbocycles. The molecule has 0 atom stereocenters. The molecule has 0 bridgehead atoms. The first kappa shape index (κ1) is 8.68. The lowest BCUT2D eigenvalue weighted by Gasteiger charge is -2.45. The number of ether oxygens (including phenoxy) is 1. The van der Waals surface area contributed by atoms with Gasteiger partial charge in [0.1, 0.15) is 6.29 Å². The first-order valence-corrected chi connectivity index (χ1v) is 3.84. The van der Waals surface area contributed by atoms with Crippen molar-refractivity contribution in [1.82, 2.24) is 4.90 Å². The van der Waals surface area contributed by atoms with E-state index in [4.69, 9.17) is 4.74 Å². The molecule has 1 saturated heterocycles. The van der Waals surface area contributed by atoms with Gasteiger partial charge < -0.3 is 9.53 Å². The van der Waals surface area contributed by atoms with E-state index in [-0.39, 0.29) is 5.54 Å². The van der Waals surface area contributed by atoms with Gasteiger partial charge in [0.25, 0.3) is 0 Å². The molecule has 0 spiro atoms. The number of hydrogen-bond donors (Lipinski definition) is 0. The molecular formula is C8H15NO2. The molecule has 1 fully saturated rings. The van der Waals surface area contributed by atoms with Crippen molar-refractivity contribution in [3.8, 4) is 0 Å². The summed E-state index contributed by atoms with van der Waals surface area (Å²) in [6.07, 6.45) is 1.31. The molecule has 0 aromatic rings. The lowest BCUT2D eigenvalue weighted by Crippen LogP contribution is -2.61. The maximum atomic E-state index is 10.6. The summed E-state index contributed by atoms with van der Waals surface area (Å²) >= 11 is 0. The zero-order chi connectivity index (χ0) is 8.48. The van der Waals surface area contributed by atoms with Crippen LogP contribution in [0.3, 0.4) is 0 Å². The van der Waals surface area contributed by atoms with E-state index in [1.54, 1.807) is 7.11 Å². The molecule has 0 aromatic carbocycles. The number of aldehydes is 1. The van der Waals surface area contributed by atoms with Gasteiger partial charge in [-0.1, -0.05) is 0 Å². The Morgan fingerprint density at radius 3 is 2.45 bits per heavy atom. The third-order valence-corrected chi connectivity index (χ3v) is 2.28. The van der Waals surface area contributed by atoms with Crippen LogP contribution in [0.25, 0.3) is 0 Å². The first-order chi connectivity index (χ1) is 5.10. The van der Waals surface area contributed by atoms with Crippen LogP contribution < -0.4 is 0 Å². The zero-order valence-electron chi connectivity index (χ0n) is 7.33. The van der Waals surface area contributed by atoms with Crippen LogP contribution in [0, 0.1) is 0 Å². The zero-order valence-corrected chi connectivity index (χ0v) is 7.33. The Morgan fingerprint density at radius 2 is 2.09 bits per heavy atom. The fourth-order valence-electron chi connectivity index (χ4n) is 1.13. The van der Waals surface area contributed by atoms with Gasteiger partial charge in [-0.25, -0.2) is 0 Å². The number of nitrogens with zero attached hydrogens (tertiary/aromatic N) is 1. The summed E-state index contributed by atoms with van der Waals surface area (Å²) in [5.74, 6) is 0. The fourth-order valence-corrected chi connectivity index (χ4v) is 1.13. The van der Waals surface area contributed by atoms with Crippen LogP contribution in [0.4, 0.5) is 0 Å². The normalized spacial score (nSPS) is 21.4. The van der Waals surface area contributed by atoms with Gasteiger partial charge in [-0.3, -0.25) is 4.90 Å². The highest BCUT2D eigenvalue weighted by Crippen LogP contribution is 2.20. The van der Waals surface area contributed by atoms with E-state index in [1.807, 2.05) is 13.8 Å². The molecule has 0 aromatic heterocycles. The Hall–Kier alpha value is -0.410. The molecule has 0 N–H and O–H groups in total. The highest BCUT2D eigenvalue weighted by Gasteiger charge is 2.36. The number of likely N-dealkylation sites (tertiary alicyclic amines) is 1. The lowest BCUT2D eigenvalue weighted by atomic mass is 9.99. The minimum absolute atomic E-state index is 0.310. The Kier molecular flexibility index (Phi) is 2.30. The minimum atomic E-state index is -0.310. The van der Waals surface area contributed by atoms with Gasteiger partial charge in [0.15, 0.2) is 0 Å². The molecule has 0 amide bonds. The average molecular weight is 157 g/mol. The van der Waals surface area contributed by atoms with Crippen molar-refractivity contribution in [2.75, 3.05) is 20.2 Å². The first-order valence-electron chi connectivity index (χ1n) is 3.84. The number of rotatable bonds is 3. The summed E-state index contributed by atoms with van der Waals surface area (Å²) < 4.78 is 5.10. The van der Waals surface area contributed by atoms with E-state index in [0.29, 0.717) is 6.10 Å². The van der Waals surface area contributed by atoms with Crippen molar-refractivity contribution < 1.29 is 9.53 Å². The van der Waals surface area contributed by atoms with E-state index >= 15 is 0 Å². The predicted octanol–water partition coefficient (Wildman–Crippen LogP) is 0.294. The summed E-state index contributed by atoms with van der Waals surface area (Å²) in [5.41, 5.74) is -0.310. The van der Waals surface area contributed by atoms with Gasteiger partial charge in [0.2, 0.25) is 0 Å². The predicted molar refractivity (Wildman–Crippen MR) is 42.5 cm³/mol. The lowest BCUT2D eigenvalue weighted by molar-refractivity contribution is -0.127. The summed E-state index contributed by atoms with van der Waals surface area (Å²) in [4.78, 5) is 12.7. The van der Waals surface area contributed by atoms with Crippen molar-refractivity contribution in [1.29, 1.82) is 0 Å². The highest BCUT2D eigenvalue weighted by molar-refractivity contribution is 5.62. The molecule has 0 radical (unpaired) electrons. The second kappa shape index (κ2) is 2.91. The summed E-state index contributed by atoms with van der Waals surface area (Å²) in [5, 5.41) is 0. The van der Waals surface area contributed by atoms with Crippen LogP contribution in [-0.4, -0.2) is 43.0 Å². The van der Waals surface area contributed by atoms with Crippen molar-refractivity contribution in [3.05, 3.63) is 0 Å². The molecule has 0 aliphatic carbocycles. The minimum Gasteiger partial charge on any atom is -0.379 e. The monoisotopic (exact) mass is 157 g/mol. The van der Waals surface area contributed by atoms with Crippen LogP contribution in [0.5, 0.6) is 0 Å². The number of methoxy groups -OCH3 is 1. The molecule has 1 aliphatic heterocycles.